The van der Waals surface area contributed by atoms with Crippen molar-refractivity contribution in [2.45, 2.75) is 32.1 Å². The summed E-state index contributed by atoms with van der Waals surface area (Å²) in [5.74, 6) is -0.715. The Morgan fingerprint density at radius 3 is 2.86 bits per heavy atom. The van der Waals surface area contributed by atoms with E-state index in [1.807, 2.05) is 23.6 Å². The molecule has 4 N–H and O–H groups in total. The zero-order valence-electron chi connectivity index (χ0n) is 12.2. The number of aromatic nitrogens is 1. The van der Waals surface area contributed by atoms with Crippen LogP contribution >= 0.6 is 11.3 Å². The normalized spacial score (nSPS) is 14.0. The summed E-state index contributed by atoms with van der Waals surface area (Å²) < 4.78 is 0. The van der Waals surface area contributed by atoms with Crippen LogP contribution in [0.4, 0.5) is 0 Å². The molecule has 0 atom stereocenters. The fourth-order valence-corrected chi connectivity index (χ4v) is 3.50. The van der Waals surface area contributed by atoms with E-state index in [0.717, 1.165) is 41.8 Å². The van der Waals surface area contributed by atoms with Crippen molar-refractivity contribution in [3.05, 3.63) is 40.4 Å². The topological polar surface area (TPSA) is 91.9 Å². The van der Waals surface area contributed by atoms with E-state index in [-0.39, 0.29) is 11.9 Å². The van der Waals surface area contributed by atoms with Crippen LogP contribution in [0.3, 0.4) is 0 Å². The molecule has 3 rings (SSSR count). The number of thiophene rings is 1. The molecule has 2 aromatic heterocycles. The van der Waals surface area contributed by atoms with Crippen LogP contribution in [0.15, 0.2) is 23.6 Å². The third-order valence-corrected chi connectivity index (χ3v) is 4.67. The van der Waals surface area contributed by atoms with Gasteiger partial charge in [0, 0.05) is 5.69 Å². The maximum Gasteiger partial charge on any atom is 0.260 e. The van der Waals surface area contributed by atoms with Crippen LogP contribution in [0.2, 0.25) is 0 Å². The first-order valence-electron chi connectivity index (χ1n) is 7.37. The van der Waals surface area contributed by atoms with Gasteiger partial charge in [-0.15, -0.1) is 11.3 Å². The fraction of sp³-hybridized carbons (Fsp3) is 0.312. The molecule has 114 valence electrons. The van der Waals surface area contributed by atoms with E-state index in [4.69, 9.17) is 16.1 Å². The molecule has 0 saturated carbocycles. The molecule has 1 aliphatic rings. The number of nitrogens with one attached hydrogen (secondary N) is 2. The highest BCUT2D eigenvalue weighted by Crippen LogP contribution is 2.30. The molecule has 0 unspecified atom stereocenters. The average Bonchev–Trinajstić information content (AvgIpc) is 2.91. The van der Waals surface area contributed by atoms with E-state index in [2.05, 4.69) is 5.32 Å². The van der Waals surface area contributed by atoms with Gasteiger partial charge in [0.25, 0.3) is 5.91 Å². The zero-order valence-corrected chi connectivity index (χ0v) is 13.0. The summed E-state index contributed by atoms with van der Waals surface area (Å²) in [6.45, 7) is 0. The third-order valence-electron chi connectivity index (χ3n) is 3.80. The number of fused-ring (bicyclic) bond motifs is 1. The first kappa shape index (κ1) is 14.7. The maximum absolute atomic E-state index is 12.4. The molecule has 0 fully saturated rings. The Hall–Kier alpha value is -2.21. The minimum atomic E-state index is -0.365. The number of carbonyl (C=O) groups excluding carboxylic acids is 1. The number of amides is 1. The predicted octanol–water partition coefficient (Wildman–Crippen LogP) is 2.70. The zero-order chi connectivity index (χ0) is 15.5. The smallest absolute Gasteiger partial charge is 0.260 e. The number of guanidine groups is 1. The van der Waals surface area contributed by atoms with Crippen molar-refractivity contribution < 1.29 is 4.79 Å². The summed E-state index contributed by atoms with van der Waals surface area (Å²) in [6, 6.07) is 5.83. The second-order valence-electron chi connectivity index (χ2n) is 5.40. The number of hydrogen-bond donors (Lipinski definition) is 3. The number of nitrogens with two attached hydrogens (primary N) is 1. The summed E-state index contributed by atoms with van der Waals surface area (Å²) in [5, 5.41) is 11.6. The number of nitrogens with zero attached hydrogens (tertiary/aromatic N) is 1. The predicted molar refractivity (Wildman–Crippen MR) is 88.2 cm³/mol. The van der Waals surface area contributed by atoms with Crippen LogP contribution in [0.1, 0.15) is 40.9 Å². The summed E-state index contributed by atoms with van der Waals surface area (Å²) in [7, 11) is 0. The van der Waals surface area contributed by atoms with Crippen LogP contribution in [0.5, 0.6) is 0 Å². The van der Waals surface area contributed by atoms with Gasteiger partial charge in [0.05, 0.1) is 16.1 Å². The Morgan fingerprint density at radius 1 is 1.32 bits per heavy atom. The number of rotatable bonds is 2. The summed E-state index contributed by atoms with van der Waals surface area (Å²) in [6.07, 6.45) is 5.37. The van der Waals surface area contributed by atoms with Crippen LogP contribution < -0.4 is 11.1 Å². The van der Waals surface area contributed by atoms with E-state index in [0.29, 0.717) is 11.3 Å². The quantitative estimate of drug-likeness (QED) is 0.452. The molecule has 1 amide bonds. The lowest BCUT2D eigenvalue weighted by Crippen LogP contribution is -2.36. The van der Waals surface area contributed by atoms with Gasteiger partial charge in [0.1, 0.15) is 0 Å². The lowest BCUT2D eigenvalue weighted by atomic mass is 10.0. The fourth-order valence-electron chi connectivity index (χ4n) is 2.77. The molecule has 5 nitrogen and oxygen atoms in total. The minimum absolute atomic E-state index is 0.350. The largest absolute Gasteiger partial charge is 0.370 e. The highest BCUT2D eigenvalue weighted by atomic mass is 32.1. The SMILES string of the molecule is N=C(N)NC(=O)c1cc2c(nc1-c1cccs1)CCCCC2. The van der Waals surface area contributed by atoms with Gasteiger partial charge in [-0.3, -0.25) is 20.5 Å². The van der Waals surface area contributed by atoms with Crippen molar-refractivity contribution in [1.82, 2.24) is 10.3 Å². The standard InChI is InChI=1S/C16H18N4OS/c17-16(18)20-15(21)11-9-10-5-2-1-3-6-12(10)19-14(11)13-7-4-8-22-13/h4,7-9H,1-3,5-6H2,(H4,17,18,20,21). The van der Waals surface area contributed by atoms with Crippen molar-refractivity contribution in [1.29, 1.82) is 5.41 Å². The van der Waals surface area contributed by atoms with E-state index in [1.54, 1.807) is 11.3 Å². The van der Waals surface area contributed by atoms with E-state index < -0.39 is 0 Å². The van der Waals surface area contributed by atoms with E-state index in [9.17, 15) is 4.79 Å². The molecule has 22 heavy (non-hydrogen) atoms. The monoisotopic (exact) mass is 314 g/mol. The Bertz CT molecular complexity index is 709. The molecule has 0 radical (unpaired) electrons. The third kappa shape index (κ3) is 3.01. The van der Waals surface area contributed by atoms with Crippen molar-refractivity contribution in [2.75, 3.05) is 0 Å². The summed E-state index contributed by atoms with van der Waals surface area (Å²) >= 11 is 1.55. The molecular weight excluding hydrogens is 296 g/mol. The van der Waals surface area contributed by atoms with E-state index >= 15 is 0 Å². The molecule has 0 saturated heterocycles. The lowest BCUT2D eigenvalue weighted by Gasteiger charge is -2.13. The molecule has 2 aromatic rings. The molecule has 6 heteroatoms. The molecule has 0 spiro atoms. The van der Waals surface area contributed by atoms with Crippen molar-refractivity contribution in [2.24, 2.45) is 5.73 Å². The van der Waals surface area contributed by atoms with Gasteiger partial charge in [-0.1, -0.05) is 12.5 Å². The maximum atomic E-state index is 12.4. The molecule has 2 heterocycles. The minimum Gasteiger partial charge on any atom is -0.370 e. The van der Waals surface area contributed by atoms with Crippen LogP contribution in [0.25, 0.3) is 10.6 Å². The molecule has 1 aliphatic carbocycles. The number of hydrogen-bond acceptors (Lipinski definition) is 4. The van der Waals surface area contributed by atoms with Crippen molar-refractivity contribution >= 4 is 23.2 Å². The van der Waals surface area contributed by atoms with Crippen molar-refractivity contribution in [3.8, 4) is 10.6 Å². The van der Waals surface area contributed by atoms with Gasteiger partial charge in [0.15, 0.2) is 5.96 Å². The van der Waals surface area contributed by atoms with Gasteiger partial charge in [0.2, 0.25) is 0 Å². The first-order valence-corrected chi connectivity index (χ1v) is 8.25. The Balaban J connectivity index is 2.11. The summed E-state index contributed by atoms with van der Waals surface area (Å²) in [5.41, 5.74) is 8.73. The van der Waals surface area contributed by atoms with Gasteiger partial charge in [-0.25, -0.2) is 0 Å². The lowest BCUT2D eigenvalue weighted by molar-refractivity contribution is 0.0976. The number of pyridine rings is 1. The highest BCUT2D eigenvalue weighted by Gasteiger charge is 2.20. The van der Waals surface area contributed by atoms with Crippen molar-refractivity contribution in [3.63, 3.8) is 0 Å². The van der Waals surface area contributed by atoms with Gasteiger partial charge in [-0.05, 0) is 48.8 Å². The summed E-state index contributed by atoms with van der Waals surface area (Å²) in [4.78, 5) is 18.1. The highest BCUT2D eigenvalue weighted by molar-refractivity contribution is 7.13. The molecule has 0 aromatic carbocycles. The second kappa shape index (κ2) is 6.27. The van der Waals surface area contributed by atoms with Crippen LogP contribution in [0, 0.1) is 5.41 Å². The Morgan fingerprint density at radius 2 is 2.14 bits per heavy atom. The van der Waals surface area contributed by atoms with Gasteiger partial charge >= 0.3 is 0 Å². The molecule has 0 bridgehead atoms. The molecule has 0 aliphatic heterocycles. The van der Waals surface area contributed by atoms with Gasteiger partial charge in [-0.2, -0.15) is 0 Å². The number of aryl methyl sites for hydroxylation is 2. The van der Waals surface area contributed by atoms with E-state index in [1.165, 1.54) is 6.42 Å². The first-order chi connectivity index (χ1) is 10.6. The Kier molecular flexibility index (Phi) is 4.20. The number of carbonyl (C=O) groups is 1. The van der Waals surface area contributed by atoms with Crippen LogP contribution in [-0.2, 0) is 12.8 Å². The average molecular weight is 314 g/mol. The van der Waals surface area contributed by atoms with Gasteiger partial charge < -0.3 is 5.73 Å². The molecular formula is C16H18N4OS. The Labute approximate surface area is 133 Å². The van der Waals surface area contributed by atoms with Crippen LogP contribution in [-0.4, -0.2) is 16.9 Å². The second-order valence-corrected chi connectivity index (χ2v) is 6.34.